The normalized spacial score (nSPS) is 12.7. The fourth-order valence-electron chi connectivity index (χ4n) is 1.50. The summed E-state index contributed by atoms with van der Waals surface area (Å²) in [6.07, 6.45) is 0.744. The number of nitrogens with one attached hydrogen (secondary N) is 2. The van der Waals surface area contributed by atoms with E-state index in [9.17, 15) is 23.3 Å². The molecule has 1 aromatic rings. The zero-order chi connectivity index (χ0) is 16.0. The summed E-state index contributed by atoms with van der Waals surface area (Å²) in [5, 5.41) is 13.1. The molecule has 0 bridgehead atoms. The first-order chi connectivity index (χ1) is 9.77. The topological polar surface area (TPSA) is 118 Å². The average Bonchev–Trinajstić information content (AvgIpc) is 2.44. The lowest BCUT2D eigenvalue weighted by Crippen LogP contribution is -2.44. The Balaban J connectivity index is 2.81. The van der Waals surface area contributed by atoms with Crippen molar-refractivity contribution in [3.8, 4) is 0 Å². The van der Waals surface area contributed by atoms with E-state index in [1.54, 1.807) is 0 Å². The van der Waals surface area contributed by atoms with E-state index in [0.29, 0.717) is 6.54 Å². The zero-order valence-electron chi connectivity index (χ0n) is 11.7. The van der Waals surface area contributed by atoms with Crippen molar-refractivity contribution < 1.29 is 18.1 Å². The molecule has 21 heavy (non-hydrogen) atoms. The monoisotopic (exact) mass is 315 g/mol. The number of sulfonamides is 1. The Morgan fingerprint density at radius 3 is 2.38 bits per heavy atom. The lowest BCUT2D eigenvalue weighted by Gasteiger charge is -2.14. The highest BCUT2D eigenvalue weighted by Crippen LogP contribution is 2.15. The van der Waals surface area contributed by atoms with Gasteiger partial charge in [-0.15, -0.1) is 0 Å². The van der Waals surface area contributed by atoms with Crippen molar-refractivity contribution in [1.82, 2.24) is 10.0 Å². The van der Waals surface area contributed by atoms with Gasteiger partial charge in [-0.2, -0.15) is 4.72 Å². The number of nitro benzene ring substituents is 1. The first kappa shape index (κ1) is 17.1. The maximum atomic E-state index is 12.0. The van der Waals surface area contributed by atoms with Gasteiger partial charge >= 0.3 is 0 Å². The van der Waals surface area contributed by atoms with Crippen molar-refractivity contribution in [3.05, 3.63) is 34.4 Å². The predicted molar refractivity (Wildman–Crippen MR) is 76.2 cm³/mol. The van der Waals surface area contributed by atoms with Crippen LogP contribution in [0.2, 0.25) is 0 Å². The van der Waals surface area contributed by atoms with Gasteiger partial charge in [-0.05, 0) is 25.5 Å². The highest BCUT2D eigenvalue weighted by molar-refractivity contribution is 7.89. The van der Waals surface area contributed by atoms with Gasteiger partial charge in [0, 0.05) is 18.7 Å². The van der Waals surface area contributed by atoms with Crippen LogP contribution in [0, 0.1) is 10.1 Å². The van der Waals surface area contributed by atoms with Crippen molar-refractivity contribution in [3.63, 3.8) is 0 Å². The summed E-state index contributed by atoms with van der Waals surface area (Å²) in [6.45, 7) is 3.77. The molecule has 1 rings (SSSR count). The number of carbonyl (C=O) groups excluding carboxylic acids is 1. The number of rotatable bonds is 7. The maximum Gasteiger partial charge on any atom is 0.269 e. The van der Waals surface area contributed by atoms with Gasteiger partial charge in [0.2, 0.25) is 15.9 Å². The highest BCUT2D eigenvalue weighted by atomic mass is 32.2. The van der Waals surface area contributed by atoms with E-state index in [1.807, 2.05) is 6.92 Å². The number of non-ortho nitro benzene ring substituents is 1. The van der Waals surface area contributed by atoms with E-state index >= 15 is 0 Å². The molecule has 0 aromatic heterocycles. The van der Waals surface area contributed by atoms with E-state index < -0.39 is 26.9 Å². The van der Waals surface area contributed by atoms with Crippen LogP contribution in [-0.2, 0) is 14.8 Å². The molecule has 0 heterocycles. The molecular formula is C12H17N3O5S. The van der Waals surface area contributed by atoms with E-state index in [4.69, 9.17) is 0 Å². The number of nitrogens with zero attached hydrogens (tertiary/aromatic N) is 1. The Labute approximate surface area is 122 Å². The minimum atomic E-state index is -3.91. The molecule has 1 aromatic carbocycles. The number of nitro groups is 1. The van der Waals surface area contributed by atoms with Gasteiger partial charge in [-0.25, -0.2) is 8.42 Å². The summed E-state index contributed by atoms with van der Waals surface area (Å²) in [7, 11) is -3.91. The smallest absolute Gasteiger partial charge is 0.269 e. The third-order valence-corrected chi connectivity index (χ3v) is 4.19. The Morgan fingerprint density at radius 2 is 1.90 bits per heavy atom. The predicted octanol–water partition coefficient (Wildman–Crippen LogP) is 0.788. The molecule has 0 aliphatic rings. The van der Waals surface area contributed by atoms with Gasteiger partial charge in [0.15, 0.2) is 0 Å². The average molecular weight is 315 g/mol. The Bertz CT molecular complexity index is 612. The van der Waals surface area contributed by atoms with E-state index in [2.05, 4.69) is 10.0 Å². The fourth-order valence-corrected chi connectivity index (χ4v) is 2.71. The molecule has 0 saturated carbocycles. The second-order valence-corrected chi connectivity index (χ2v) is 6.10. The number of carbonyl (C=O) groups is 1. The second-order valence-electron chi connectivity index (χ2n) is 4.39. The summed E-state index contributed by atoms with van der Waals surface area (Å²) in [4.78, 5) is 21.4. The maximum absolute atomic E-state index is 12.0. The summed E-state index contributed by atoms with van der Waals surface area (Å²) in [5.41, 5.74) is -0.206. The lowest BCUT2D eigenvalue weighted by molar-refractivity contribution is -0.384. The molecule has 1 amide bonds. The Kier molecular flexibility index (Phi) is 5.79. The minimum absolute atomic E-state index is 0.136. The fraction of sp³-hybridized carbons (Fsp3) is 0.417. The van der Waals surface area contributed by atoms with Crippen LogP contribution in [0.3, 0.4) is 0 Å². The summed E-state index contributed by atoms with van der Waals surface area (Å²) in [5.74, 6) is -0.428. The summed E-state index contributed by atoms with van der Waals surface area (Å²) >= 11 is 0. The molecule has 1 unspecified atom stereocenters. The molecule has 0 spiro atoms. The molecule has 0 saturated heterocycles. The Morgan fingerprint density at radius 1 is 1.33 bits per heavy atom. The van der Waals surface area contributed by atoms with Crippen LogP contribution in [0.15, 0.2) is 29.2 Å². The summed E-state index contributed by atoms with van der Waals surface area (Å²) in [6, 6.07) is 3.50. The lowest BCUT2D eigenvalue weighted by atomic mass is 10.3. The van der Waals surface area contributed by atoms with E-state index in [-0.39, 0.29) is 10.6 Å². The van der Waals surface area contributed by atoms with Crippen LogP contribution >= 0.6 is 0 Å². The van der Waals surface area contributed by atoms with E-state index in [0.717, 1.165) is 30.7 Å². The quantitative estimate of drug-likeness (QED) is 0.569. The van der Waals surface area contributed by atoms with Gasteiger partial charge in [0.05, 0.1) is 15.9 Å². The van der Waals surface area contributed by atoms with Crippen LogP contribution in [0.25, 0.3) is 0 Å². The SMILES string of the molecule is CCCNC(=O)C(C)NS(=O)(=O)c1ccc([N+](=O)[O-])cc1. The van der Waals surface area contributed by atoms with Gasteiger partial charge in [0.25, 0.3) is 5.69 Å². The number of amides is 1. The van der Waals surface area contributed by atoms with Crippen molar-refractivity contribution in [1.29, 1.82) is 0 Å². The van der Waals surface area contributed by atoms with Crippen LogP contribution in [0.1, 0.15) is 20.3 Å². The van der Waals surface area contributed by atoms with Gasteiger partial charge < -0.3 is 5.32 Å². The summed E-state index contributed by atoms with van der Waals surface area (Å²) < 4.78 is 26.3. The first-order valence-electron chi connectivity index (χ1n) is 6.32. The van der Waals surface area contributed by atoms with Crippen molar-refractivity contribution in [2.45, 2.75) is 31.2 Å². The molecule has 8 nitrogen and oxygen atoms in total. The molecule has 0 aliphatic heterocycles. The molecule has 116 valence electrons. The van der Waals surface area contributed by atoms with Gasteiger partial charge in [-0.3, -0.25) is 14.9 Å². The second kappa shape index (κ2) is 7.14. The van der Waals surface area contributed by atoms with Crippen LogP contribution in [0.5, 0.6) is 0 Å². The van der Waals surface area contributed by atoms with E-state index in [1.165, 1.54) is 6.92 Å². The first-order valence-corrected chi connectivity index (χ1v) is 7.80. The third-order valence-electron chi connectivity index (χ3n) is 2.63. The number of hydrogen-bond acceptors (Lipinski definition) is 5. The van der Waals surface area contributed by atoms with Crippen molar-refractivity contribution in [2.24, 2.45) is 0 Å². The van der Waals surface area contributed by atoms with Crippen LogP contribution in [0.4, 0.5) is 5.69 Å². The van der Waals surface area contributed by atoms with Crippen molar-refractivity contribution >= 4 is 21.6 Å². The van der Waals surface area contributed by atoms with Crippen LogP contribution < -0.4 is 10.0 Å². The molecule has 2 N–H and O–H groups in total. The van der Waals surface area contributed by atoms with Crippen molar-refractivity contribution in [2.75, 3.05) is 6.54 Å². The van der Waals surface area contributed by atoms with Gasteiger partial charge in [0.1, 0.15) is 0 Å². The van der Waals surface area contributed by atoms with Crippen LogP contribution in [-0.4, -0.2) is 31.8 Å². The zero-order valence-corrected chi connectivity index (χ0v) is 12.5. The number of hydrogen-bond donors (Lipinski definition) is 2. The minimum Gasteiger partial charge on any atom is -0.355 e. The molecule has 0 fully saturated rings. The number of benzene rings is 1. The molecular weight excluding hydrogens is 298 g/mol. The standard InChI is InChI=1S/C12H17N3O5S/c1-3-8-13-12(16)9(2)14-21(19,20)11-6-4-10(5-7-11)15(17)18/h4-7,9,14H,3,8H2,1-2H3,(H,13,16). The Hall–Kier alpha value is -2.00. The van der Waals surface area contributed by atoms with Gasteiger partial charge in [-0.1, -0.05) is 6.92 Å². The molecule has 9 heteroatoms. The largest absolute Gasteiger partial charge is 0.355 e. The molecule has 0 radical (unpaired) electrons. The molecule has 0 aliphatic carbocycles. The highest BCUT2D eigenvalue weighted by Gasteiger charge is 2.22. The molecule has 1 atom stereocenters. The third kappa shape index (κ3) is 4.80.